The van der Waals surface area contributed by atoms with E-state index in [1.165, 1.54) is 18.2 Å². The first-order valence-corrected chi connectivity index (χ1v) is 14.1. The summed E-state index contributed by atoms with van der Waals surface area (Å²) < 4.78 is 16.0. The molecule has 0 aliphatic carbocycles. The van der Waals surface area contributed by atoms with Crippen LogP contribution in [0.5, 0.6) is 0 Å². The van der Waals surface area contributed by atoms with Crippen LogP contribution in [0, 0.1) is 11.2 Å². The van der Waals surface area contributed by atoms with Crippen LogP contribution < -0.4 is 10.2 Å². The van der Waals surface area contributed by atoms with Crippen LogP contribution in [0.1, 0.15) is 54.6 Å². The highest BCUT2D eigenvalue weighted by Gasteiger charge is 2.71. The lowest BCUT2D eigenvalue weighted by atomic mass is 9.62. The van der Waals surface area contributed by atoms with Gasteiger partial charge in [0.05, 0.1) is 23.3 Å². The van der Waals surface area contributed by atoms with Gasteiger partial charge in [-0.25, -0.2) is 9.18 Å². The topological polar surface area (TPSA) is 90.0 Å². The Balaban J connectivity index is 1.59. The molecule has 212 valence electrons. The summed E-state index contributed by atoms with van der Waals surface area (Å²) in [5.41, 5.74) is 0.456. The molecule has 0 aromatic heterocycles. The van der Waals surface area contributed by atoms with Crippen LogP contribution in [0.2, 0.25) is 10.0 Å². The summed E-state index contributed by atoms with van der Waals surface area (Å²) in [4.78, 5) is 43.7. The van der Waals surface area contributed by atoms with Crippen molar-refractivity contribution in [1.29, 1.82) is 0 Å². The second kappa shape index (κ2) is 9.54. The first-order chi connectivity index (χ1) is 19.3. The molecule has 10 heteroatoms. The first kappa shape index (κ1) is 27.7. The largest absolute Gasteiger partial charge is 0.478 e. The van der Waals surface area contributed by atoms with E-state index < -0.39 is 35.2 Å². The Bertz CT molecular complexity index is 1610. The van der Waals surface area contributed by atoms with Crippen LogP contribution >= 0.6 is 23.2 Å². The maximum atomic E-state index is 16.0. The van der Waals surface area contributed by atoms with Gasteiger partial charge in [0, 0.05) is 28.4 Å². The van der Waals surface area contributed by atoms with E-state index in [0.29, 0.717) is 28.4 Å². The summed E-state index contributed by atoms with van der Waals surface area (Å²) >= 11 is 12.6. The lowest BCUT2D eigenvalue weighted by molar-refractivity contribution is -0.122. The van der Waals surface area contributed by atoms with Gasteiger partial charge in [0.25, 0.3) is 0 Å². The van der Waals surface area contributed by atoms with Gasteiger partial charge in [-0.1, -0.05) is 62.2 Å². The lowest BCUT2D eigenvalue weighted by Gasteiger charge is -2.40. The predicted octanol–water partition coefficient (Wildman–Crippen LogP) is 6.30. The molecule has 0 bridgehead atoms. The molecule has 2 saturated heterocycles. The Labute approximate surface area is 246 Å². The summed E-state index contributed by atoms with van der Waals surface area (Å²) in [5, 5.41) is 12.7. The maximum Gasteiger partial charge on any atom is 0.335 e. The number of rotatable bonds is 4. The van der Waals surface area contributed by atoms with Crippen LogP contribution in [0.4, 0.5) is 15.8 Å². The van der Waals surface area contributed by atoms with Gasteiger partial charge >= 0.3 is 5.97 Å². The zero-order chi connectivity index (χ0) is 29.4. The van der Waals surface area contributed by atoms with Crippen molar-refractivity contribution in [2.45, 2.75) is 50.6 Å². The third kappa shape index (κ3) is 4.15. The van der Waals surface area contributed by atoms with Gasteiger partial charge in [0.2, 0.25) is 11.8 Å². The molecular weight excluding hydrogens is 568 g/mol. The number of anilines is 2. The Hall–Kier alpha value is -3.46. The molecule has 3 aliphatic heterocycles. The molecule has 0 radical (unpaired) electrons. The molecule has 4 atom stereocenters. The number of benzene rings is 3. The molecular formula is C31H28Cl2FN3O4. The Morgan fingerprint density at radius 3 is 2.46 bits per heavy atom. The number of nitrogens with one attached hydrogen (secondary N) is 1. The monoisotopic (exact) mass is 595 g/mol. The lowest BCUT2D eigenvalue weighted by Crippen LogP contribution is -2.52. The highest BCUT2D eigenvalue weighted by molar-refractivity contribution is 6.31. The van der Waals surface area contributed by atoms with Crippen LogP contribution in [0.15, 0.2) is 60.7 Å². The molecule has 2 amide bonds. The fraction of sp³-hybridized carbons (Fsp3) is 0.323. The second-order valence-electron chi connectivity index (χ2n) is 12.1. The van der Waals surface area contributed by atoms with Crippen LogP contribution in [0.3, 0.4) is 0 Å². The SMILES string of the molecule is CC(C)(C)C[C@@H]1N2CN(c3ccc(C(=O)O)cc3)C(=O)[C@H]2[C@H](c2cccc(Cl)c2F)[C@]12C(=O)Nc1cc(Cl)ccc12. The van der Waals surface area contributed by atoms with Crippen molar-refractivity contribution in [3.05, 3.63) is 93.2 Å². The zero-order valence-electron chi connectivity index (χ0n) is 22.6. The van der Waals surface area contributed by atoms with Gasteiger partial charge in [-0.05, 0) is 65.4 Å². The quantitative estimate of drug-likeness (QED) is 0.369. The summed E-state index contributed by atoms with van der Waals surface area (Å²) in [6.45, 7) is 6.35. The molecule has 41 heavy (non-hydrogen) atoms. The number of hydrogen-bond acceptors (Lipinski definition) is 4. The average Bonchev–Trinajstić information content (AvgIpc) is 3.48. The smallest absolute Gasteiger partial charge is 0.335 e. The fourth-order valence-corrected chi connectivity index (χ4v) is 7.32. The highest BCUT2D eigenvalue weighted by atomic mass is 35.5. The highest BCUT2D eigenvalue weighted by Crippen LogP contribution is 2.61. The minimum Gasteiger partial charge on any atom is -0.478 e. The van der Waals surface area contributed by atoms with E-state index in [9.17, 15) is 19.5 Å². The second-order valence-corrected chi connectivity index (χ2v) is 13.0. The fourth-order valence-electron chi connectivity index (χ4n) is 6.96. The molecule has 7 nitrogen and oxygen atoms in total. The standard InChI is InChI=1S/C31H28Cl2FN3O4/c1-30(2,3)14-23-31(20-12-9-17(32)13-22(20)35-29(31)41)24(19-5-4-6-21(33)25(19)34)26-27(38)36(15-37(23)26)18-10-7-16(8-11-18)28(39)40/h4-13,23-24,26H,14-15H2,1-3H3,(H,35,41)(H,39,40)/t23-,24-,26+,31+/m0/s1. The number of amides is 2. The Morgan fingerprint density at radius 2 is 1.80 bits per heavy atom. The molecule has 3 heterocycles. The van der Waals surface area contributed by atoms with Crippen molar-refractivity contribution in [3.8, 4) is 0 Å². The van der Waals surface area contributed by atoms with Gasteiger partial charge in [-0.15, -0.1) is 0 Å². The minimum atomic E-state index is -1.31. The Kier molecular flexibility index (Phi) is 6.45. The van der Waals surface area contributed by atoms with Crippen molar-refractivity contribution in [2.24, 2.45) is 5.41 Å². The van der Waals surface area contributed by atoms with E-state index in [1.54, 1.807) is 47.4 Å². The normalized spacial score (nSPS) is 25.5. The number of aromatic carboxylic acids is 1. The maximum absolute atomic E-state index is 16.0. The van der Waals surface area contributed by atoms with E-state index in [1.807, 2.05) is 4.90 Å². The number of halogens is 3. The molecule has 0 unspecified atom stereocenters. The van der Waals surface area contributed by atoms with Crippen molar-refractivity contribution in [1.82, 2.24) is 4.90 Å². The van der Waals surface area contributed by atoms with Crippen molar-refractivity contribution < 1.29 is 23.9 Å². The molecule has 2 N–H and O–H groups in total. The summed E-state index contributed by atoms with van der Waals surface area (Å²) in [6, 6.07) is 14.6. The third-order valence-corrected chi connectivity index (χ3v) is 9.04. The van der Waals surface area contributed by atoms with E-state index in [0.717, 1.165) is 0 Å². The van der Waals surface area contributed by atoms with Crippen molar-refractivity contribution in [2.75, 3.05) is 16.9 Å². The van der Waals surface area contributed by atoms with Crippen LogP contribution in [0.25, 0.3) is 0 Å². The number of nitrogens with zero attached hydrogens (tertiary/aromatic N) is 2. The van der Waals surface area contributed by atoms with Gasteiger partial charge in [0.1, 0.15) is 11.2 Å². The van der Waals surface area contributed by atoms with Crippen molar-refractivity contribution in [3.63, 3.8) is 0 Å². The molecule has 3 aliphatic rings. The Morgan fingerprint density at radius 1 is 1.10 bits per heavy atom. The zero-order valence-corrected chi connectivity index (χ0v) is 24.1. The summed E-state index contributed by atoms with van der Waals surface area (Å²) in [7, 11) is 0. The van der Waals surface area contributed by atoms with Gasteiger partial charge < -0.3 is 10.4 Å². The average molecular weight is 596 g/mol. The van der Waals surface area contributed by atoms with E-state index in [-0.39, 0.29) is 40.0 Å². The van der Waals surface area contributed by atoms with E-state index in [4.69, 9.17) is 23.2 Å². The van der Waals surface area contributed by atoms with Gasteiger partial charge in [-0.3, -0.25) is 19.4 Å². The summed E-state index contributed by atoms with van der Waals surface area (Å²) in [6.07, 6.45) is 0.525. The number of fused-ring (bicyclic) bond motifs is 3. The number of carbonyl (C=O) groups is 3. The molecule has 3 aromatic carbocycles. The third-order valence-electron chi connectivity index (χ3n) is 8.51. The molecule has 0 saturated carbocycles. The van der Waals surface area contributed by atoms with E-state index >= 15 is 4.39 Å². The number of hydrogen-bond donors (Lipinski definition) is 2. The number of carboxylic acids is 1. The van der Waals surface area contributed by atoms with Crippen LogP contribution in [-0.4, -0.2) is 46.5 Å². The summed E-state index contributed by atoms with van der Waals surface area (Å²) in [5.74, 6) is -3.26. The van der Waals surface area contributed by atoms with Gasteiger partial charge in [0.15, 0.2) is 0 Å². The molecule has 3 aromatic rings. The number of carbonyl (C=O) groups excluding carboxylic acids is 2. The minimum absolute atomic E-state index is 0.0928. The first-order valence-electron chi connectivity index (χ1n) is 13.3. The van der Waals surface area contributed by atoms with Gasteiger partial charge in [-0.2, -0.15) is 0 Å². The van der Waals surface area contributed by atoms with Crippen LogP contribution in [-0.2, 0) is 15.0 Å². The predicted molar refractivity (Wildman–Crippen MR) is 155 cm³/mol. The number of carboxylic acid groups (broad SMARTS) is 1. The molecule has 1 spiro atoms. The van der Waals surface area contributed by atoms with E-state index in [2.05, 4.69) is 26.1 Å². The molecule has 2 fully saturated rings. The molecule has 6 rings (SSSR count). The van der Waals surface area contributed by atoms with Crippen molar-refractivity contribution >= 4 is 52.4 Å².